The van der Waals surface area contributed by atoms with Crippen LogP contribution in [-0.2, 0) is 16.0 Å². The van der Waals surface area contributed by atoms with Gasteiger partial charge in [-0.25, -0.2) is 8.78 Å². The van der Waals surface area contributed by atoms with Crippen molar-refractivity contribution in [1.82, 2.24) is 10.1 Å². The van der Waals surface area contributed by atoms with Gasteiger partial charge in [0.25, 0.3) is 0 Å². The minimum atomic E-state index is -1.14. The van der Waals surface area contributed by atoms with E-state index in [9.17, 15) is 18.4 Å². The van der Waals surface area contributed by atoms with Crippen molar-refractivity contribution >= 4 is 23.1 Å². The molecule has 0 aliphatic rings. The van der Waals surface area contributed by atoms with E-state index < -0.39 is 30.0 Å². The van der Waals surface area contributed by atoms with Gasteiger partial charge in [-0.15, -0.1) is 0 Å². The minimum absolute atomic E-state index is 0.0592. The van der Waals surface area contributed by atoms with Crippen molar-refractivity contribution in [3.63, 3.8) is 0 Å². The number of thiophene rings is 1. The van der Waals surface area contributed by atoms with Gasteiger partial charge < -0.3 is 9.26 Å². The number of ether oxygens (including phenoxy) is 1. The molecule has 6 nitrogen and oxygen atoms in total. The van der Waals surface area contributed by atoms with Crippen LogP contribution in [-0.4, -0.2) is 28.5 Å². The number of Topliss-reactive ketones (excluding diaryl/α,β-unsaturated/α-hetero) is 1. The third-order valence-corrected chi connectivity index (χ3v) is 4.08. The minimum Gasteiger partial charge on any atom is -0.457 e. The summed E-state index contributed by atoms with van der Waals surface area (Å²) in [5.41, 5.74) is 0.749. The zero-order valence-electron chi connectivity index (χ0n) is 13.3. The lowest BCUT2D eigenvalue weighted by atomic mass is 10.1. The van der Waals surface area contributed by atoms with Crippen LogP contribution < -0.4 is 0 Å². The fourth-order valence-corrected chi connectivity index (χ4v) is 2.68. The number of aryl methyl sites for hydroxylation is 1. The van der Waals surface area contributed by atoms with Gasteiger partial charge in [-0.2, -0.15) is 16.3 Å². The van der Waals surface area contributed by atoms with Crippen LogP contribution in [0.1, 0.15) is 22.7 Å². The van der Waals surface area contributed by atoms with Crippen LogP contribution in [0.4, 0.5) is 8.78 Å². The molecule has 2 heterocycles. The molecule has 1 aromatic carbocycles. The number of carbonyl (C=O) groups excluding carboxylic acids is 2. The van der Waals surface area contributed by atoms with Gasteiger partial charge in [0.05, 0.1) is 6.42 Å². The van der Waals surface area contributed by atoms with Crippen molar-refractivity contribution in [3.8, 4) is 11.4 Å². The van der Waals surface area contributed by atoms with E-state index >= 15 is 0 Å². The van der Waals surface area contributed by atoms with Gasteiger partial charge in [0, 0.05) is 22.9 Å². The lowest BCUT2D eigenvalue weighted by Crippen LogP contribution is -2.15. The normalized spacial score (nSPS) is 10.7. The highest BCUT2D eigenvalue weighted by Crippen LogP contribution is 2.19. The Labute approximate surface area is 150 Å². The van der Waals surface area contributed by atoms with Crippen LogP contribution in [0.25, 0.3) is 11.4 Å². The van der Waals surface area contributed by atoms with Gasteiger partial charge in [0.1, 0.15) is 0 Å². The Hall–Kier alpha value is -2.94. The summed E-state index contributed by atoms with van der Waals surface area (Å²) < 4.78 is 35.8. The molecule has 0 radical (unpaired) electrons. The van der Waals surface area contributed by atoms with Crippen LogP contribution in [0, 0.1) is 11.6 Å². The molecule has 0 saturated carbocycles. The number of nitrogens with zero attached hydrogens (tertiary/aromatic N) is 2. The second-order valence-corrected chi connectivity index (χ2v) is 6.02. The third-order valence-electron chi connectivity index (χ3n) is 3.40. The van der Waals surface area contributed by atoms with Gasteiger partial charge >= 0.3 is 5.97 Å². The SMILES string of the molecule is O=C(CCc1nc(-c2ccsc2)no1)OCC(=O)c1ccc(F)c(F)c1. The first-order valence-electron chi connectivity index (χ1n) is 7.52. The highest BCUT2D eigenvalue weighted by molar-refractivity contribution is 7.08. The Balaban J connectivity index is 1.47. The van der Waals surface area contributed by atoms with Crippen LogP contribution in [0.5, 0.6) is 0 Å². The molecular formula is C17H12F2N2O4S. The highest BCUT2D eigenvalue weighted by atomic mass is 32.1. The number of aromatic nitrogens is 2. The average Bonchev–Trinajstić information content (AvgIpc) is 3.31. The predicted molar refractivity (Wildman–Crippen MR) is 87.6 cm³/mol. The topological polar surface area (TPSA) is 82.3 Å². The van der Waals surface area contributed by atoms with E-state index in [4.69, 9.17) is 9.26 Å². The molecule has 0 saturated heterocycles. The Morgan fingerprint density at radius 1 is 1.19 bits per heavy atom. The van der Waals surface area contributed by atoms with E-state index in [1.165, 1.54) is 11.3 Å². The first-order chi connectivity index (χ1) is 12.5. The number of halogens is 2. The molecule has 0 unspecified atom stereocenters. The summed E-state index contributed by atoms with van der Waals surface area (Å²) in [5, 5.41) is 7.56. The summed E-state index contributed by atoms with van der Waals surface area (Å²) in [6.45, 7) is -0.562. The molecule has 0 aliphatic carbocycles. The van der Waals surface area contributed by atoms with Crippen molar-refractivity contribution in [3.05, 3.63) is 58.1 Å². The number of esters is 1. The molecule has 3 aromatic rings. The number of ketones is 1. The quantitative estimate of drug-likeness (QED) is 0.463. The maximum Gasteiger partial charge on any atom is 0.306 e. The van der Waals surface area contributed by atoms with Crippen molar-refractivity contribution in [2.24, 2.45) is 0 Å². The Kier molecular flexibility index (Phi) is 5.47. The molecule has 0 amide bonds. The average molecular weight is 378 g/mol. The summed E-state index contributed by atoms with van der Waals surface area (Å²) in [6.07, 6.45) is 0.103. The second-order valence-electron chi connectivity index (χ2n) is 5.24. The molecule has 0 aliphatic heterocycles. The van der Waals surface area contributed by atoms with Gasteiger partial charge in [-0.05, 0) is 29.6 Å². The molecule has 0 fully saturated rings. The third kappa shape index (κ3) is 4.37. The van der Waals surface area contributed by atoms with Gasteiger partial charge in [0.2, 0.25) is 11.7 Å². The number of hydrogen-bond donors (Lipinski definition) is 0. The van der Waals surface area contributed by atoms with E-state index in [0.717, 1.165) is 23.8 Å². The Morgan fingerprint density at radius 3 is 2.77 bits per heavy atom. The molecule has 26 heavy (non-hydrogen) atoms. The zero-order valence-corrected chi connectivity index (χ0v) is 14.1. The monoisotopic (exact) mass is 378 g/mol. The molecule has 0 N–H and O–H groups in total. The zero-order chi connectivity index (χ0) is 18.5. The molecular weight excluding hydrogens is 366 g/mol. The lowest BCUT2D eigenvalue weighted by Gasteiger charge is -2.04. The van der Waals surface area contributed by atoms with Crippen LogP contribution in [0.2, 0.25) is 0 Å². The van der Waals surface area contributed by atoms with E-state index in [0.29, 0.717) is 5.82 Å². The molecule has 0 atom stereocenters. The van der Waals surface area contributed by atoms with Gasteiger partial charge in [-0.3, -0.25) is 9.59 Å². The summed E-state index contributed by atoms with van der Waals surface area (Å²) in [5.74, 6) is -2.76. The molecule has 3 rings (SSSR count). The summed E-state index contributed by atoms with van der Waals surface area (Å²) in [4.78, 5) is 27.7. The Bertz CT molecular complexity index is 925. The van der Waals surface area contributed by atoms with Crippen LogP contribution in [0.15, 0.2) is 39.5 Å². The Morgan fingerprint density at radius 2 is 2.04 bits per heavy atom. The van der Waals surface area contributed by atoms with E-state index in [-0.39, 0.29) is 24.3 Å². The molecule has 9 heteroatoms. The largest absolute Gasteiger partial charge is 0.457 e. The highest BCUT2D eigenvalue weighted by Gasteiger charge is 2.14. The second kappa shape index (κ2) is 7.96. The van der Waals surface area contributed by atoms with E-state index in [1.807, 2.05) is 16.8 Å². The molecule has 0 bridgehead atoms. The van der Waals surface area contributed by atoms with Crippen LogP contribution in [0.3, 0.4) is 0 Å². The summed E-state index contributed by atoms with van der Waals surface area (Å²) in [6, 6.07) is 4.57. The van der Waals surface area contributed by atoms with Crippen molar-refractivity contribution in [1.29, 1.82) is 0 Å². The summed E-state index contributed by atoms with van der Waals surface area (Å²) in [7, 11) is 0. The van der Waals surface area contributed by atoms with E-state index in [1.54, 1.807) is 0 Å². The first-order valence-corrected chi connectivity index (χ1v) is 8.46. The number of benzene rings is 1. The number of hydrogen-bond acceptors (Lipinski definition) is 7. The fraction of sp³-hybridized carbons (Fsp3) is 0.176. The first kappa shape index (κ1) is 17.9. The maximum atomic E-state index is 13.1. The van der Waals surface area contributed by atoms with Gasteiger partial charge in [-0.1, -0.05) is 5.16 Å². The van der Waals surface area contributed by atoms with Crippen molar-refractivity contribution in [2.75, 3.05) is 6.61 Å². The number of rotatable bonds is 7. The van der Waals surface area contributed by atoms with Crippen LogP contribution >= 0.6 is 11.3 Å². The molecule has 134 valence electrons. The standard InChI is InChI=1S/C17H12F2N2O4S/c18-12-2-1-10(7-13(12)19)14(22)8-24-16(23)4-3-15-20-17(21-25-15)11-5-6-26-9-11/h1-2,5-7,9H,3-4,8H2. The molecule has 0 spiro atoms. The summed E-state index contributed by atoms with van der Waals surface area (Å²) >= 11 is 1.50. The predicted octanol–water partition coefficient (Wildman–Crippen LogP) is 3.44. The maximum absolute atomic E-state index is 13.1. The van der Waals surface area contributed by atoms with Gasteiger partial charge in [0.15, 0.2) is 24.0 Å². The smallest absolute Gasteiger partial charge is 0.306 e. The molecule has 2 aromatic heterocycles. The number of carbonyl (C=O) groups is 2. The van der Waals surface area contributed by atoms with Crippen molar-refractivity contribution in [2.45, 2.75) is 12.8 Å². The van der Waals surface area contributed by atoms with E-state index in [2.05, 4.69) is 10.1 Å². The lowest BCUT2D eigenvalue weighted by molar-refractivity contribution is -0.142. The van der Waals surface area contributed by atoms with Crippen molar-refractivity contribution < 1.29 is 27.6 Å². The fourth-order valence-electron chi connectivity index (χ4n) is 2.05.